The van der Waals surface area contributed by atoms with Crippen molar-refractivity contribution in [3.05, 3.63) is 70.8 Å². The summed E-state index contributed by atoms with van der Waals surface area (Å²) in [5.74, 6) is -1.39. The van der Waals surface area contributed by atoms with Crippen LogP contribution in [0.4, 0.5) is 8.78 Å². The number of aliphatic hydroxyl groups is 1. The maximum absolute atomic E-state index is 13.2. The summed E-state index contributed by atoms with van der Waals surface area (Å²) in [4.78, 5) is 0. The summed E-state index contributed by atoms with van der Waals surface area (Å²) in [6, 6.07) is 11.0. The second kappa shape index (κ2) is 6.14. The van der Waals surface area contributed by atoms with Gasteiger partial charge in [-0.05, 0) is 41.2 Å². The molecule has 2 aromatic carbocycles. The third kappa shape index (κ3) is 3.05. The highest BCUT2D eigenvalue weighted by Crippen LogP contribution is 2.26. The Kier molecular flexibility index (Phi) is 4.50. The Labute approximate surface area is 117 Å². The molecular formula is C17H18F2O. The molecule has 0 aliphatic rings. The minimum absolute atomic E-state index is 0.347. The average molecular weight is 276 g/mol. The minimum Gasteiger partial charge on any atom is -0.384 e. The molecule has 0 saturated carbocycles. The van der Waals surface area contributed by atoms with Gasteiger partial charge in [-0.3, -0.25) is 0 Å². The van der Waals surface area contributed by atoms with Crippen molar-refractivity contribution in [3.63, 3.8) is 0 Å². The third-order valence-corrected chi connectivity index (χ3v) is 3.69. The van der Waals surface area contributed by atoms with Crippen molar-refractivity contribution >= 4 is 0 Å². The van der Waals surface area contributed by atoms with E-state index in [1.54, 1.807) is 0 Å². The maximum atomic E-state index is 13.2. The van der Waals surface area contributed by atoms with Gasteiger partial charge in [-0.25, -0.2) is 8.78 Å². The van der Waals surface area contributed by atoms with Crippen molar-refractivity contribution in [2.45, 2.75) is 32.3 Å². The van der Waals surface area contributed by atoms with E-state index in [-0.39, 0.29) is 0 Å². The number of hydrogen-bond acceptors (Lipinski definition) is 1. The third-order valence-electron chi connectivity index (χ3n) is 3.69. The molecule has 0 amide bonds. The molecule has 2 unspecified atom stereocenters. The van der Waals surface area contributed by atoms with Gasteiger partial charge >= 0.3 is 0 Å². The van der Waals surface area contributed by atoms with Crippen LogP contribution in [0.5, 0.6) is 0 Å². The number of rotatable bonds is 4. The van der Waals surface area contributed by atoms with Gasteiger partial charge in [0.2, 0.25) is 0 Å². The van der Waals surface area contributed by atoms with E-state index in [9.17, 15) is 13.9 Å². The molecule has 0 fully saturated rings. The number of halogens is 2. The molecule has 0 radical (unpaired) electrons. The maximum Gasteiger partial charge on any atom is 0.159 e. The first kappa shape index (κ1) is 14.7. The zero-order valence-electron chi connectivity index (χ0n) is 11.6. The largest absolute Gasteiger partial charge is 0.384 e. The quantitative estimate of drug-likeness (QED) is 0.868. The van der Waals surface area contributed by atoms with Crippen molar-refractivity contribution in [3.8, 4) is 0 Å². The van der Waals surface area contributed by atoms with Crippen LogP contribution >= 0.6 is 0 Å². The Hall–Kier alpha value is -1.74. The van der Waals surface area contributed by atoms with Gasteiger partial charge in [0.15, 0.2) is 11.6 Å². The highest BCUT2D eigenvalue weighted by molar-refractivity contribution is 5.33. The molecule has 0 aliphatic heterocycles. The predicted octanol–water partition coefficient (Wildman–Crippen LogP) is 4.56. The molecule has 1 nitrogen and oxygen atoms in total. The first-order valence-corrected chi connectivity index (χ1v) is 6.75. The summed E-state index contributed by atoms with van der Waals surface area (Å²) in [6.07, 6.45) is 0.0986. The van der Waals surface area contributed by atoms with Crippen molar-refractivity contribution in [2.75, 3.05) is 0 Å². The second-order valence-corrected chi connectivity index (χ2v) is 5.05. The Morgan fingerprint density at radius 2 is 1.45 bits per heavy atom. The molecule has 0 aromatic heterocycles. The molecule has 0 spiro atoms. The Morgan fingerprint density at radius 1 is 0.900 bits per heavy atom. The molecule has 1 N–H and O–H groups in total. The van der Waals surface area contributed by atoms with Gasteiger partial charge in [0.25, 0.3) is 0 Å². The first-order chi connectivity index (χ1) is 9.52. The van der Waals surface area contributed by atoms with Crippen molar-refractivity contribution in [2.24, 2.45) is 0 Å². The molecule has 0 bridgehead atoms. The molecule has 2 atom stereocenters. The highest BCUT2D eigenvalue weighted by atomic mass is 19.2. The van der Waals surface area contributed by atoms with Crippen LogP contribution in [0.2, 0.25) is 0 Å². The predicted molar refractivity (Wildman–Crippen MR) is 75.6 cm³/mol. The summed E-state index contributed by atoms with van der Waals surface area (Å²) in [6.45, 7) is 4.26. The van der Waals surface area contributed by atoms with E-state index in [4.69, 9.17) is 0 Å². The zero-order chi connectivity index (χ0) is 14.7. The molecule has 2 aromatic rings. The molecule has 106 valence electrons. The van der Waals surface area contributed by atoms with Crippen LogP contribution in [0.25, 0.3) is 0 Å². The SMILES string of the molecule is CCC(C)c1ccc(C(O)c2ccc(F)c(F)c2)cc1. The van der Waals surface area contributed by atoms with E-state index >= 15 is 0 Å². The molecule has 3 heteroatoms. The van der Waals surface area contributed by atoms with Gasteiger partial charge in [0.1, 0.15) is 6.10 Å². The van der Waals surface area contributed by atoms with Gasteiger partial charge in [0.05, 0.1) is 0 Å². The molecule has 0 saturated heterocycles. The van der Waals surface area contributed by atoms with Crippen LogP contribution in [0.3, 0.4) is 0 Å². The number of hydrogen-bond donors (Lipinski definition) is 1. The van der Waals surface area contributed by atoms with Crippen LogP contribution in [0.1, 0.15) is 49.0 Å². The van der Waals surface area contributed by atoms with Gasteiger partial charge in [-0.2, -0.15) is 0 Å². The summed E-state index contributed by atoms with van der Waals surface area (Å²) in [5.41, 5.74) is 2.22. The van der Waals surface area contributed by atoms with E-state index in [1.165, 1.54) is 11.6 Å². The number of aliphatic hydroxyl groups excluding tert-OH is 1. The lowest BCUT2D eigenvalue weighted by Crippen LogP contribution is -2.01. The van der Waals surface area contributed by atoms with Crippen molar-refractivity contribution < 1.29 is 13.9 Å². The van der Waals surface area contributed by atoms with Gasteiger partial charge in [-0.1, -0.05) is 44.2 Å². The average Bonchev–Trinajstić information content (AvgIpc) is 2.48. The van der Waals surface area contributed by atoms with E-state index in [1.807, 2.05) is 24.3 Å². The Bertz CT molecular complexity index is 578. The fourth-order valence-corrected chi connectivity index (χ4v) is 2.12. The van der Waals surface area contributed by atoms with E-state index in [0.29, 0.717) is 17.0 Å². The standard InChI is InChI=1S/C17H18F2O/c1-3-11(2)12-4-6-13(7-5-12)17(20)14-8-9-15(18)16(19)10-14/h4-11,17,20H,3H2,1-2H3. The Morgan fingerprint density at radius 3 is 2.00 bits per heavy atom. The monoisotopic (exact) mass is 276 g/mol. The van der Waals surface area contributed by atoms with Crippen LogP contribution in [-0.4, -0.2) is 5.11 Å². The van der Waals surface area contributed by atoms with Gasteiger partial charge in [-0.15, -0.1) is 0 Å². The fraction of sp³-hybridized carbons (Fsp3) is 0.294. The van der Waals surface area contributed by atoms with E-state index < -0.39 is 17.7 Å². The molecule has 0 heterocycles. The lowest BCUT2D eigenvalue weighted by molar-refractivity contribution is 0.219. The van der Waals surface area contributed by atoms with E-state index in [0.717, 1.165) is 18.6 Å². The lowest BCUT2D eigenvalue weighted by atomic mass is 9.95. The van der Waals surface area contributed by atoms with Crippen LogP contribution in [0.15, 0.2) is 42.5 Å². The zero-order valence-corrected chi connectivity index (χ0v) is 11.6. The molecule has 2 rings (SSSR count). The molecule has 0 aliphatic carbocycles. The van der Waals surface area contributed by atoms with Crippen LogP contribution < -0.4 is 0 Å². The lowest BCUT2D eigenvalue weighted by Gasteiger charge is -2.14. The summed E-state index contributed by atoms with van der Waals surface area (Å²) < 4.78 is 26.1. The second-order valence-electron chi connectivity index (χ2n) is 5.05. The fourth-order valence-electron chi connectivity index (χ4n) is 2.12. The normalized spacial score (nSPS) is 14.1. The van der Waals surface area contributed by atoms with Crippen LogP contribution in [-0.2, 0) is 0 Å². The van der Waals surface area contributed by atoms with Gasteiger partial charge < -0.3 is 5.11 Å². The molecular weight excluding hydrogens is 258 g/mol. The Balaban J connectivity index is 2.24. The van der Waals surface area contributed by atoms with Crippen molar-refractivity contribution in [1.82, 2.24) is 0 Å². The first-order valence-electron chi connectivity index (χ1n) is 6.75. The summed E-state index contributed by atoms with van der Waals surface area (Å²) >= 11 is 0. The van der Waals surface area contributed by atoms with Crippen LogP contribution in [0, 0.1) is 11.6 Å². The minimum atomic E-state index is -0.948. The highest BCUT2D eigenvalue weighted by Gasteiger charge is 2.13. The van der Waals surface area contributed by atoms with E-state index in [2.05, 4.69) is 13.8 Å². The van der Waals surface area contributed by atoms with Gasteiger partial charge in [0, 0.05) is 0 Å². The number of benzene rings is 2. The summed E-state index contributed by atoms with van der Waals surface area (Å²) in [5, 5.41) is 10.2. The smallest absolute Gasteiger partial charge is 0.159 e. The molecule has 20 heavy (non-hydrogen) atoms. The topological polar surface area (TPSA) is 20.2 Å². The summed E-state index contributed by atoms with van der Waals surface area (Å²) in [7, 11) is 0. The van der Waals surface area contributed by atoms with Crippen molar-refractivity contribution in [1.29, 1.82) is 0 Å².